The quantitative estimate of drug-likeness (QED) is 0.816. The van der Waals surface area contributed by atoms with Crippen LogP contribution in [-0.4, -0.2) is 36.1 Å². The molecule has 1 atom stereocenters. The molecule has 0 radical (unpaired) electrons. The van der Waals surface area contributed by atoms with Gasteiger partial charge in [0, 0.05) is 19.6 Å². The summed E-state index contributed by atoms with van der Waals surface area (Å²) in [6, 6.07) is 0.460. The summed E-state index contributed by atoms with van der Waals surface area (Å²) in [7, 11) is 1.90. The number of nitrogens with one attached hydrogen (secondary N) is 2. The highest BCUT2D eigenvalue weighted by Gasteiger charge is 2.18. The van der Waals surface area contributed by atoms with Crippen LogP contribution >= 0.6 is 11.6 Å². The van der Waals surface area contributed by atoms with Gasteiger partial charge in [-0.25, -0.2) is 4.98 Å². The minimum absolute atomic E-state index is 0.156. The second kappa shape index (κ2) is 4.84. The Morgan fingerprint density at radius 2 is 2.50 bits per heavy atom. The van der Waals surface area contributed by atoms with Crippen LogP contribution in [0.4, 0.5) is 5.82 Å². The minimum atomic E-state index is -0.294. The highest BCUT2D eigenvalue weighted by atomic mass is 35.5. The average molecular weight is 243 g/mol. The molecule has 0 bridgehead atoms. The second-order valence-corrected chi connectivity index (χ2v) is 4.42. The van der Waals surface area contributed by atoms with Crippen molar-refractivity contribution in [3.63, 3.8) is 0 Å². The largest absolute Gasteiger partial charge is 0.357 e. The molecule has 0 aromatic carbocycles. The van der Waals surface area contributed by atoms with Crippen LogP contribution in [0.25, 0.3) is 0 Å². The van der Waals surface area contributed by atoms with Crippen molar-refractivity contribution >= 4 is 17.4 Å². The number of aromatic amines is 1. The van der Waals surface area contributed by atoms with E-state index in [4.69, 9.17) is 11.6 Å². The molecule has 0 aliphatic carbocycles. The van der Waals surface area contributed by atoms with Gasteiger partial charge in [0.25, 0.3) is 5.56 Å². The van der Waals surface area contributed by atoms with E-state index in [-0.39, 0.29) is 10.6 Å². The highest BCUT2D eigenvalue weighted by Crippen LogP contribution is 2.18. The van der Waals surface area contributed by atoms with Crippen molar-refractivity contribution < 1.29 is 0 Å². The van der Waals surface area contributed by atoms with E-state index in [1.165, 1.54) is 12.7 Å². The van der Waals surface area contributed by atoms with Crippen molar-refractivity contribution in [1.29, 1.82) is 0 Å². The normalized spacial score (nSPS) is 20.0. The standard InChI is InChI=1S/C10H15ClN4O/c1-15(5-7-3-2-4-12-7)9-8(11)10(16)14-6-13-9/h6-7,12H,2-5H2,1H3,(H,13,14,16). The Kier molecular flexibility index (Phi) is 3.46. The Bertz CT molecular complexity index is 414. The Morgan fingerprint density at radius 3 is 3.19 bits per heavy atom. The number of aromatic nitrogens is 2. The first-order chi connectivity index (χ1) is 7.68. The molecule has 0 saturated carbocycles. The van der Waals surface area contributed by atoms with Gasteiger partial charge in [0.15, 0.2) is 5.82 Å². The smallest absolute Gasteiger partial charge is 0.271 e. The molecule has 1 aromatic rings. The van der Waals surface area contributed by atoms with Crippen LogP contribution in [0.3, 0.4) is 0 Å². The van der Waals surface area contributed by atoms with E-state index in [0.29, 0.717) is 11.9 Å². The number of nitrogens with zero attached hydrogens (tertiary/aromatic N) is 2. The van der Waals surface area contributed by atoms with Gasteiger partial charge >= 0.3 is 0 Å². The van der Waals surface area contributed by atoms with E-state index in [2.05, 4.69) is 15.3 Å². The summed E-state index contributed by atoms with van der Waals surface area (Å²) in [6.45, 7) is 1.88. The van der Waals surface area contributed by atoms with Gasteiger partial charge in [-0.2, -0.15) is 0 Å². The predicted molar refractivity (Wildman–Crippen MR) is 64.2 cm³/mol. The average Bonchev–Trinajstić information content (AvgIpc) is 2.74. The first-order valence-electron chi connectivity index (χ1n) is 5.36. The van der Waals surface area contributed by atoms with E-state index in [1.807, 2.05) is 11.9 Å². The number of rotatable bonds is 3. The van der Waals surface area contributed by atoms with Crippen LogP contribution in [0.1, 0.15) is 12.8 Å². The zero-order valence-corrected chi connectivity index (χ0v) is 9.92. The van der Waals surface area contributed by atoms with Crippen LogP contribution in [0, 0.1) is 0 Å². The fourth-order valence-corrected chi connectivity index (χ4v) is 2.22. The Hall–Kier alpha value is -1.07. The maximum atomic E-state index is 11.3. The fourth-order valence-electron chi connectivity index (χ4n) is 1.97. The van der Waals surface area contributed by atoms with E-state index in [1.54, 1.807) is 0 Å². The second-order valence-electron chi connectivity index (χ2n) is 4.04. The van der Waals surface area contributed by atoms with E-state index < -0.39 is 0 Å². The van der Waals surface area contributed by atoms with Gasteiger partial charge in [0.05, 0.1) is 6.33 Å². The van der Waals surface area contributed by atoms with Crippen LogP contribution in [0.2, 0.25) is 5.02 Å². The highest BCUT2D eigenvalue weighted by molar-refractivity contribution is 6.32. The SMILES string of the molecule is CN(CC1CCCN1)c1nc[nH]c(=O)c1Cl. The zero-order chi connectivity index (χ0) is 11.5. The van der Waals surface area contributed by atoms with E-state index in [9.17, 15) is 4.79 Å². The molecule has 2 N–H and O–H groups in total. The summed E-state index contributed by atoms with van der Waals surface area (Å²) >= 11 is 5.91. The molecule has 1 unspecified atom stereocenters. The van der Waals surface area contributed by atoms with Gasteiger partial charge in [-0.1, -0.05) is 11.6 Å². The molecule has 2 rings (SSSR count). The summed E-state index contributed by atoms with van der Waals surface area (Å²) in [5, 5.41) is 3.55. The van der Waals surface area contributed by atoms with Crippen molar-refractivity contribution in [3.05, 3.63) is 21.7 Å². The zero-order valence-electron chi connectivity index (χ0n) is 9.16. The lowest BCUT2D eigenvalue weighted by molar-refractivity contribution is 0.597. The van der Waals surface area contributed by atoms with Crippen molar-refractivity contribution in [2.24, 2.45) is 0 Å². The molecule has 1 fully saturated rings. The Balaban J connectivity index is 2.10. The van der Waals surface area contributed by atoms with Gasteiger partial charge < -0.3 is 15.2 Å². The number of anilines is 1. The van der Waals surface area contributed by atoms with Crippen LogP contribution in [0.5, 0.6) is 0 Å². The number of likely N-dealkylation sites (N-methyl/N-ethyl adjacent to an activating group) is 1. The molecular weight excluding hydrogens is 228 g/mol. The van der Waals surface area contributed by atoms with Gasteiger partial charge in [-0.05, 0) is 19.4 Å². The van der Waals surface area contributed by atoms with Crippen LogP contribution < -0.4 is 15.8 Å². The number of hydrogen-bond acceptors (Lipinski definition) is 4. The molecule has 6 heteroatoms. The van der Waals surface area contributed by atoms with Gasteiger partial charge in [-0.15, -0.1) is 0 Å². The maximum absolute atomic E-state index is 11.3. The summed E-state index contributed by atoms with van der Waals surface area (Å²) in [5.74, 6) is 0.541. The van der Waals surface area contributed by atoms with Gasteiger partial charge in [-0.3, -0.25) is 4.79 Å². The lowest BCUT2D eigenvalue weighted by Gasteiger charge is -2.22. The molecule has 1 aromatic heterocycles. The third-order valence-electron chi connectivity index (χ3n) is 2.80. The summed E-state index contributed by atoms with van der Waals surface area (Å²) < 4.78 is 0. The summed E-state index contributed by atoms with van der Waals surface area (Å²) in [6.07, 6.45) is 3.74. The molecule has 5 nitrogen and oxygen atoms in total. The number of hydrogen-bond donors (Lipinski definition) is 2. The predicted octanol–water partition coefficient (Wildman–Crippen LogP) is 0.611. The Labute approximate surface area is 98.8 Å². The van der Waals surface area contributed by atoms with Gasteiger partial charge in [0.2, 0.25) is 0 Å². The lowest BCUT2D eigenvalue weighted by Crippen LogP contribution is -2.36. The molecular formula is C10H15ClN4O. The van der Waals surface area contributed by atoms with Crippen molar-refractivity contribution in [3.8, 4) is 0 Å². The topological polar surface area (TPSA) is 61.0 Å². The van der Waals surface area contributed by atoms with Crippen molar-refractivity contribution in [2.75, 3.05) is 25.0 Å². The molecule has 1 aliphatic rings. The van der Waals surface area contributed by atoms with Crippen molar-refractivity contribution in [2.45, 2.75) is 18.9 Å². The lowest BCUT2D eigenvalue weighted by atomic mass is 10.2. The van der Waals surface area contributed by atoms with E-state index in [0.717, 1.165) is 19.5 Å². The minimum Gasteiger partial charge on any atom is -0.357 e. The maximum Gasteiger partial charge on any atom is 0.271 e. The molecule has 1 saturated heterocycles. The Morgan fingerprint density at radius 1 is 1.69 bits per heavy atom. The summed E-state index contributed by atoms with van der Waals surface area (Å²) in [4.78, 5) is 19.8. The molecule has 1 aliphatic heterocycles. The summed E-state index contributed by atoms with van der Waals surface area (Å²) in [5.41, 5.74) is -0.294. The molecule has 16 heavy (non-hydrogen) atoms. The number of halogens is 1. The van der Waals surface area contributed by atoms with E-state index >= 15 is 0 Å². The number of H-pyrrole nitrogens is 1. The van der Waals surface area contributed by atoms with Crippen LogP contribution in [-0.2, 0) is 0 Å². The third kappa shape index (κ3) is 2.36. The van der Waals surface area contributed by atoms with Crippen molar-refractivity contribution in [1.82, 2.24) is 15.3 Å². The monoisotopic (exact) mass is 242 g/mol. The molecule has 0 amide bonds. The molecule has 2 heterocycles. The van der Waals surface area contributed by atoms with Crippen LogP contribution in [0.15, 0.2) is 11.1 Å². The van der Waals surface area contributed by atoms with Gasteiger partial charge in [0.1, 0.15) is 5.02 Å². The first-order valence-corrected chi connectivity index (χ1v) is 5.74. The first kappa shape index (κ1) is 11.4. The third-order valence-corrected chi connectivity index (χ3v) is 3.14. The fraction of sp³-hybridized carbons (Fsp3) is 0.600. The molecule has 88 valence electrons. The molecule has 0 spiro atoms.